The number of nitrogens with two attached hydrogens (primary N) is 1. The first-order valence-corrected chi connectivity index (χ1v) is 4.82. The minimum absolute atomic E-state index is 0.107. The molecule has 7 nitrogen and oxygen atoms in total. The van der Waals surface area contributed by atoms with E-state index in [9.17, 15) is 9.59 Å². The number of fused-ring (bicyclic) bond motifs is 1. The van der Waals surface area contributed by atoms with Gasteiger partial charge < -0.3 is 15.4 Å². The number of aromatic amines is 1. The predicted octanol–water partition coefficient (Wildman–Crippen LogP) is -0.523. The van der Waals surface area contributed by atoms with Crippen LogP contribution in [-0.4, -0.2) is 34.6 Å². The molecule has 2 heterocycles. The second-order valence-corrected chi connectivity index (χ2v) is 3.52. The maximum atomic E-state index is 11.6. The molecule has 1 aliphatic heterocycles. The molecule has 0 aromatic carbocycles. The predicted molar refractivity (Wildman–Crippen MR) is 55.8 cm³/mol. The second kappa shape index (κ2) is 3.84. The summed E-state index contributed by atoms with van der Waals surface area (Å²) >= 11 is 0. The van der Waals surface area contributed by atoms with E-state index in [2.05, 4.69) is 14.7 Å². The molecule has 1 aromatic heterocycles. The summed E-state index contributed by atoms with van der Waals surface area (Å²) in [6, 6.07) is 0. The number of nitrogen functional groups attached to an aromatic ring is 1. The van der Waals surface area contributed by atoms with Crippen LogP contribution >= 0.6 is 0 Å². The normalized spacial score (nSPS) is 14.4. The largest absolute Gasteiger partial charge is 0.453 e. The van der Waals surface area contributed by atoms with Gasteiger partial charge in [-0.15, -0.1) is 0 Å². The molecule has 2 rings (SSSR count). The van der Waals surface area contributed by atoms with E-state index in [0.717, 1.165) is 0 Å². The number of amides is 1. The zero-order chi connectivity index (χ0) is 11.7. The van der Waals surface area contributed by atoms with Crippen LogP contribution in [0.1, 0.15) is 11.3 Å². The van der Waals surface area contributed by atoms with E-state index in [-0.39, 0.29) is 18.1 Å². The van der Waals surface area contributed by atoms with Crippen LogP contribution in [0, 0.1) is 0 Å². The average Bonchev–Trinajstić information content (AvgIpc) is 2.27. The maximum absolute atomic E-state index is 11.6. The van der Waals surface area contributed by atoms with E-state index in [1.54, 1.807) is 0 Å². The van der Waals surface area contributed by atoms with Crippen molar-refractivity contribution in [2.24, 2.45) is 0 Å². The van der Waals surface area contributed by atoms with E-state index in [1.807, 2.05) is 0 Å². The summed E-state index contributed by atoms with van der Waals surface area (Å²) in [5.74, 6) is 0.107. The molecule has 0 fully saturated rings. The lowest BCUT2D eigenvalue weighted by molar-refractivity contribution is 0.118. The molecule has 1 aromatic rings. The highest BCUT2D eigenvalue weighted by Gasteiger charge is 2.24. The third-order valence-electron chi connectivity index (χ3n) is 2.52. The number of carbonyl (C=O) groups excluding carboxylic acids is 1. The highest BCUT2D eigenvalue weighted by atomic mass is 16.5. The van der Waals surface area contributed by atoms with Gasteiger partial charge >= 0.3 is 6.09 Å². The molecule has 0 spiro atoms. The first-order chi connectivity index (χ1) is 7.61. The number of H-pyrrole nitrogens is 1. The summed E-state index contributed by atoms with van der Waals surface area (Å²) in [5, 5.41) is 0. The van der Waals surface area contributed by atoms with Gasteiger partial charge in [0.15, 0.2) is 0 Å². The van der Waals surface area contributed by atoms with Gasteiger partial charge in [0.2, 0.25) is 5.95 Å². The van der Waals surface area contributed by atoms with E-state index in [0.29, 0.717) is 24.2 Å². The van der Waals surface area contributed by atoms with Gasteiger partial charge in [-0.2, -0.15) is 0 Å². The van der Waals surface area contributed by atoms with Gasteiger partial charge in [0.1, 0.15) is 0 Å². The molecule has 86 valence electrons. The van der Waals surface area contributed by atoms with E-state index >= 15 is 0 Å². The molecule has 0 saturated carbocycles. The van der Waals surface area contributed by atoms with Crippen molar-refractivity contribution in [1.82, 2.24) is 14.9 Å². The third-order valence-corrected chi connectivity index (χ3v) is 2.52. The Kier molecular flexibility index (Phi) is 2.51. The van der Waals surface area contributed by atoms with Crippen LogP contribution in [0.4, 0.5) is 10.7 Å². The average molecular weight is 224 g/mol. The lowest BCUT2D eigenvalue weighted by atomic mass is 10.1. The van der Waals surface area contributed by atoms with Crippen molar-refractivity contribution >= 4 is 12.0 Å². The Morgan fingerprint density at radius 2 is 2.38 bits per heavy atom. The molecule has 0 bridgehead atoms. The van der Waals surface area contributed by atoms with E-state index in [4.69, 9.17) is 5.73 Å². The fourth-order valence-electron chi connectivity index (χ4n) is 1.73. The smallest absolute Gasteiger partial charge is 0.409 e. The lowest BCUT2D eigenvalue weighted by Gasteiger charge is -2.26. The highest BCUT2D eigenvalue weighted by Crippen LogP contribution is 2.14. The van der Waals surface area contributed by atoms with Gasteiger partial charge in [-0.05, 0) is 0 Å². The van der Waals surface area contributed by atoms with Gasteiger partial charge in [-0.1, -0.05) is 0 Å². The Hall–Kier alpha value is -2.05. The summed E-state index contributed by atoms with van der Waals surface area (Å²) in [4.78, 5) is 30.8. The molecule has 1 aliphatic rings. The Morgan fingerprint density at radius 3 is 3.06 bits per heavy atom. The fraction of sp³-hybridized carbons (Fsp3) is 0.444. The number of carbonyl (C=O) groups is 1. The Morgan fingerprint density at radius 1 is 1.62 bits per heavy atom. The minimum Gasteiger partial charge on any atom is -0.453 e. The number of nitrogens with zero attached hydrogens (tertiary/aromatic N) is 2. The van der Waals surface area contributed by atoms with Crippen LogP contribution in [0.5, 0.6) is 0 Å². The number of methoxy groups -OCH3 is 1. The second-order valence-electron chi connectivity index (χ2n) is 3.52. The zero-order valence-corrected chi connectivity index (χ0v) is 8.82. The molecule has 0 radical (unpaired) electrons. The molecule has 3 N–H and O–H groups in total. The van der Waals surface area contributed by atoms with Gasteiger partial charge in [-0.25, -0.2) is 9.78 Å². The third kappa shape index (κ3) is 1.71. The van der Waals surface area contributed by atoms with Crippen molar-refractivity contribution in [3.05, 3.63) is 21.6 Å². The summed E-state index contributed by atoms with van der Waals surface area (Å²) in [7, 11) is 1.31. The van der Waals surface area contributed by atoms with Crippen LogP contribution in [0.2, 0.25) is 0 Å². The fourth-order valence-corrected chi connectivity index (χ4v) is 1.73. The standard InChI is InChI=1S/C9H12N4O3/c1-16-9(15)13-3-2-6-5(4-13)7(14)12-8(10)11-6/h2-4H2,1H3,(H3,10,11,12,14). The monoisotopic (exact) mass is 224 g/mol. The number of hydrogen-bond acceptors (Lipinski definition) is 5. The Balaban J connectivity index is 2.34. The molecular weight excluding hydrogens is 212 g/mol. The number of rotatable bonds is 0. The molecule has 0 saturated heterocycles. The summed E-state index contributed by atoms with van der Waals surface area (Å²) in [6.45, 7) is 0.695. The Labute approximate surface area is 91.2 Å². The van der Waals surface area contributed by atoms with Crippen molar-refractivity contribution < 1.29 is 9.53 Å². The molecule has 1 amide bonds. The van der Waals surface area contributed by atoms with Crippen molar-refractivity contribution in [2.75, 3.05) is 19.4 Å². The summed E-state index contributed by atoms with van der Waals surface area (Å²) < 4.78 is 4.60. The van der Waals surface area contributed by atoms with Gasteiger partial charge in [0.25, 0.3) is 5.56 Å². The first-order valence-electron chi connectivity index (χ1n) is 4.82. The molecular formula is C9H12N4O3. The van der Waals surface area contributed by atoms with Crippen LogP contribution in [0.3, 0.4) is 0 Å². The zero-order valence-electron chi connectivity index (χ0n) is 8.82. The quantitative estimate of drug-likeness (QED) is 0.617. The van der Waals surface area contributed by atoms with Crippen LogP contribution < -0.4 is 11.3 Å². The van der Waals surface area contributed by atoms with Gasteiger partial charge in [0.05, 0.1) is 24.9 Å². The van der Waals surface area contributed by atoms with E-state index in [1.165, 1.54) is 12.0 Å². The molecule has 0 unspecified atom stereocenters. The van der Waals surface area contributed by atoms with Crippen molar-refractivity contribution in [3.63, 3.8) is 0 Å². The molecule has 0 atom stereocenters. The van der Waals surface area contributed by atoms with Crippen molar-refractivity contribution in [1.29, 1.82) is 0 Å². The highest BCUT2D eigenvalue weighted by molar-refractivity contribution is 5.67. The van der Waals surface area contributed by atoms with Crippen molar-refractivity contribution in [2.45, 2.75) is 13.0 Å². The first kappa shape index (κ1) is 10.5. The lowest BCUT2D eigenvalue weighted by Crippen LogP contribution is -2.39. The van der Waals surface area contributed by atoms with E-state index < -0.39 is 6.09 Å². The van der Waals surface area contributed by atoms with Gasteiger partial charge in [0, 0.05) is 13.0 Å². The SMILES string of the molecule is COC(=O)N1CCc2nc(N)[nH]c(=O)c2C1. The molecule has 0 aliphatic carbocycles. The topological polar surface area (TPSA) is 101 Å². The van der Waals surface area contributed by atoms with Crippen LogP contribution in [-0.2, 0) is 17.7 Å². The number of hydrogen-bond donors (Lipinski definition) is 2. The molecule has 7 heteroatoms. The molecule has 16 heavy (non-hydrogen) atoms. The van der Waals surface area contributed by atoms with Crippen LogP contribution in [0.25, 0.3) is 0 Å². The summed E-state index contributed by atoms with van der Waals surface area (Å²) in [5.41, 5.74) is 6.27. The number of ether oxygens (including phenoxy) is 1. The van der Waals surface area contributed by atoms with Gasteiger partial charge in [-0.3, -0.25) is 9.78 Å². The van der Waals surface area contributed by atoms with Crippen LogP contribution in [0.15, 0.2) is 4.79 Å². The van der Waals surface area contributed by atoms with Crippen molar-refractivity contribution in [3.8, 4) is 0 Å². The Bertz CT molecular complexity index is 482. The summed E-state index contributed by atoms with van der Waals surface area (Å²) in [6.07, 6.45) is 0.0697. The maximum Gasteiger partial charge on any atom is 0.409 e. The number of anilines is 1. The number of nitrogens with one attached hydrogen (secondary N) is 1. The minimum atomic E-state index is -0.443. The number of aromatic nitrogens is 2.